The smallest absolute Gasteiger partial charge is 0.241 e. The van der Waals surface area contributed by atoms with Crippen molar-refractivity contribution in [2.45, 2.75) is 42.1 Å². The molecule has 2 atom stereocenters. The Bertz CT molecular complexity index is 926. The maximum Gasteiger partial charge on any atom is 0.241 e. The molecular weight excluding hydrogens is 384 g/mol. The topological polar surface area (TPSA) is 67.8 Å². The lowest BCUT2D eigenvalue weighted by molar-refractivity contribution is 0.265. The van der Waals surface area contributed by atoms with E-state index in [1.807, 2.05) is 44.2 Å². The quantitative estimate of drug-likeness (QED) is 0.739. The van der Waals surface area contributed by atoms with Gasteiger partial charge in [0.05, 0.1) is 16.5 Å². The molecule has 0 fully saturated rings. The Hall–Kier alpha value is -1.89. The highest BCUT2D eigenvalue weighted by Gasteiger charge is 2.45. The first-order valence-electron chi connectivity index (χ1n) is 8.66. The largest absolute Gasteiger partial charge is 0.477 e. The van der Waals surface area contributed by atoms with E-state index in [4.69, 9.17) is 16.3 Å². The fourth-order valence-electron chi connectivity index (χ4n) is 2.92. The van der Waals surface area contributed by atoms with Crippen LogP contribution in [0.5, 0.6) is 0 Å². The van der Waals surface area contributed by atoms with Gasteiger partial charge in [-0.2, -0.15) is 0 Å². The minimum Gasteiger partial charge on any atom is -0.477 e. The molecule has 5 nitrogen and oxygen atoms in total. The Balaban J connectivity index is 2.03. The van der Waals surface area contributed by atoms with Crippen molar-refractivity contribution in [2.75, 3.05) is 6.61 Å². The van der Waals surface area contributed by atoms with Gasteiger partial charge in [-0.15, -0.1) is 11.6 Å². The van der Waals surface area contributed by atoms with Crippen molar-refractivity contribution >= 4 is 27.5 Å². The molecule has 2 aromatic carbocycles. The lowest BCUT2D eigenvalue weighted by Crippen LogP contribution is -2.45. The molecule has 1 N–H and O–H groups in total. The molecule has 2 aromatic rings. The number of nitrogens with zero attached hydrogens (tertiary/aromatic N) is 1. The van der Waals surface area contributed by atoms with Gasteiger partial charge in [0.15, 0.2) is 0 Å². The number of sulfonamides is 1. The van der Waals surface area contributed by atoms with Gasteiger partial charge in [0, 0.05) is 0 Å². The van der Waals surface area contributed by atoms with E-state index in [0.717, 1.165) is 5.56 Å². The molecule has 144 valence electrons. The van der Waals surface area contributed by atoms with Crippen molar-refractivity contribution in [3.8, 4) is 0 Å². The van der Waals surface area contributed by atoms with Crippen LogP contribution >= 0.6 is 11.6 Å². The maximum atomic E-state index is 13.0. The second-order valence-electron chi connectivity index (χ2n) is 7.37. The summed E-state index contributed by atoms with van der Waals surface area (Å²) in [7, 11) is -3.79. The van der Waals surface area contributed by atoms with Gasteiger partial charge in [-0.25, -0.2) is 18.1 Å². The summed E-state index contributed by atoms with van der Waals surface area (Å²) in [6.07, 6.45) is 0. The second-order valence-corrected chi connectivity index (χ2v) is 9.87. The first-order chi connectivity index (χ1) is 12.6. The van der Waals surface area contributed by atoms with Gasteiger partial charge in [0.1, 0.15) is 11.5 Å². The van der Waals surface area contributed by atoms with Gasteiger partial charge in [-0.05, 0) is 38.5 Å². The molecule has 3 rings (SSSR count). The summed E-state index contributed by atoms with van der Waals surface area (Å²) in [5, 5.41) is 0. The fraction of sp³-hybridized carbons (Fsp3) is 0.350. The highest BCUT2D eigenvalue weighted by Crippen LogP contribution is 2.38. The first-order valence-corrected chi connectivity index (χ1v) is 10.5. The van der Waals surface area contributed by atoms with Crippen LogP contribution < -0.4 is 4.72 Å². The van der Waals surface area contributed by atoms with E-state index in [2.05, 4.69) is 9.71 Å². The third-order valence-corrected chi connectivity index (χ3v) is 6.20. The minimum absolute atomic E-state index is 0.174. The highest BCUT2D eigenvalue weighted by molar-refractivity contribution is 7.89. The average Bonchev–Trinajstić information content (AvgIpc) is 3.02. The molecule has 0 unspecified atom stereocenters. The molecule has 1 heterocycles. The Labute approximate surface area is 165 Å². The summed E-state index contributed by atoms with van der Waals surface area (Å²) in [6, 6.07) is 16.7. The van der Waals surface area contributed by atoms with Crippen molar-refractivity contribution in [2.24, 2.45) is 4.99 Å². The van der Waals surface area contributed by atoms with Gasteiger partial charge in [-0.3, -0.25) is 0 Å². The van der Waals surface area contributed by atoms with Gasteiger partial charge < -0.3 is 4.74 Å². The number of benzene rings is 2. The molecular formula is C20H23ClN2O3S. The summed E-state index contributed by atoms with van der Waals surface area (Å²) < 4.78 is 34.4. The third kappa shape index (κ3) is 4.34. The maximum absolute atomic E-state index is 13.0. The van der Waals surface area contributed by atoms with E-state index in [9.17, 15) is 8.42 Å². The van der Waals surface area contributed by atoms with Crippen LogP contribution in [0, 0.1) is 0 Å². The molecule has 0 amide bonds. The van der Waals surface area contributed by atoms with Gasteiger partial charge in [0.25, 0.3) is 0 Å². The van der Waals surface area contributed by atoms with E-state index in [-0.39, 0.29) is 4.90 Å². The van der Waals surface area contributed by atoms with Crippen molar-refractivity contribution in [3.05, 3.63) is 66.2 Å². The molecule has 27 heavy (non-hydrogen) atoms. The first kappa shape index (κ1) is 19.9. The van der Waals surface area contributed by atoms with Crippen LogP contribution in [0.4, 0.5) is 0 Å². The van der Waals surface area contributed by atoms with Gasteiger partial charge >= 0.3 is 0 Å². The predicted octanol–water partition coefficient (Wildman–Crippen LogP) is 3.91. The molecule has 0 aliphatic carbocycles. The second kappa shape index (κ2) is 7.26. The number of ether oxygens (including phenoxy) is 1. The molecule has 0 aromatic heterocycles. The molecule has 0 saturated carbocycles. The zero-order chi connectivity index (χ0) is 19.7. The molecule has 7 heteroatoms. The lowest BCUT2D eigenvalue weighted by atomic mass is 9.94. The van der Waals surface area contributed by atoms with Crippen molar-refractivity contribution in [3.63, 3.8) is 0 Å². The Morgan fingerprint density at radius 2 is 1.67 bits per heavy atom. The lowest BCUT2D eigenvalue weighted by Gasteiger charge is -2.32. The SMILES string of the molecule is CC1(C)COC([C@](C)(Cl)[C@H](NS(=O)(=O)c2ccccc2)c2ccccc2)=N1. The zero-order valence-corrected chi connectivity index (χ0v) is 17.1. The van der Waals surface area contributed by atoms with E-state index in [1.165, 1.54) is 0 Å². The molecule has 0 saturated heterocycles. The zero-order valence-electron chi connectivity index (χ0n) is 15.5. The van der Waals surface area contributed by atoms with Crippen LogP contribution in [-0.4, -0.2) is 31.3 Å². The number of hydrogen-bond donors (Lipinski definition) is 1. The van der Waals surface area contributed by atoms with Crippen LogP contribution in [-0.2, 0) is 14.8 Å². The minimum atomic E-state index is -3.79. The van der Waals surface area contributed by atoms with Crippen LogP contribution in [0.2, 0.25) is 0 Å². The Morgan fingerprint density at radius 3 is 2.19 bits per heavy atom. The van der Waals surface area contributed by atoms with Gasteiger partial charge in [-0.1, -0.05) is 48.5 Å². The number of rotatable bonds is 6. The van der Waals surface area contributed by atoms with Gasteiger partial charge in [0.2, 0.25) is 15.9 Å². The van der Waals surface area contributed by atoms with Crippen LogP contribution in [0.1, 0.15) is 32.4 Å². The summed E-state index contributed by atoms with van der Waals surface area (Å²) in [4.78, 5) is 3.55. The summed E-state index contributed by atoms with van der Waals surface area (Å²) in [6.45, 7) is 6.01. The predicted molar refractivity (Wildman–Crippen MR) is 108 cm³/mol. The van der Waals surface area contributed by atoms with Crippen molar-refractivity contribution in [1.29, 1.82) is 0 Å². The number of aliphatic imine (C=N–C) groups is 1. The number of nitrogens with one attached hydrogen (secondary N) is 1. The summed E-state index contributed by atoms with van der Waals surface area (Å²) in [5.41, 5.74) is 0.330. The van der Waals surface area contributed by atoms with Crippen LogP contribution in [0.25, 0.3) is 0 Å². The molecule has 0 radical (unpaired) electrons. The molecule has 1 aliphatic rings. The van der Waals surface area contributed by atoms with Crippen molar-refractivity contribution < 1.29 is 13.2 Å². The van der Waals surface area contributed by atoms with Crippen molar-refractivity contribution in [1.82, 2.24) is 4.72 Å². The Kier molecular flexibility index (Phi) is 5.34. The standard InChI is InChI=1S/C20H23ClN2O3S/c1-19(2)14-26-18(22-19)20(3,21)17(15-10-6-4-7-11-15)23-27(24,25)16-12-8-5-9-13-16/h4-13,17,23H,14H2,1-3H3/t17-,20-/m1/s1. The highest BCUT2D eigenvalue weighted by atomic mass is 35.5. The number of halogens is 1. The number of alkyl halides is 1. The van der Waals surface area contributed by atoms with Crippen LogP contribution in [0.15, 0.2) is 70.6 Å². The van der Waals surface area contributed by atoms with E-state index >= 15 is 0 Å². The summed E-state index contributed by atoms with van der Waals surface area (Å²) >= 11 is 6.88. The average molecular weight is 407 g/mol. The fourth-order valence-corrected chi connectivity index (χ4v) is 4.59. The normalized spacial score (nSPS) is 19.6. The number of hydrogen-bond acceptors (Lipinski definition) is 4. The van der Waals surface area contributed by atoms with E-state index in [1.54, 1.807) is 37.3 Å². The molecule has 0 spiro atoms. The third-order valence-electron chi connectivity index (χ3n) is 4.39. The van der Waals surface area contributed by atoms with E-state index in [0.29, 0.717) is 12.5 Å². The summed E-state index contributed by atoms with van der Waals surface area (Å²) in [5.74, 6) is 0.332. The monoisotopic (exact) mass is 406 g/mol. The van der Waals surface area contributed by atoms with E-state index < -0.39 is 26.5 Å². The molecule has 1 aliphatic heterocycles. The molecule has 0 bridgehead atoms. The van der Waals surface area contributed by atoms with Crippen LogP contribution in [0.3, 0.4) is 0 Å². The Morgan fingerprint density at radius 1 is 1.11 bits per heavy atom.